The zero-order chi connectivity index (χ0) is 17.9. The van der Waals surface area contributed by atoms with E-state index in [1.165, 1.54) is 17.6 Å². The van der Waals surface area contributed by atoms with Gasteiger partial charge < -0.3 is 20.9 Å². The van der Waals surface area contributed by atoms with Crippen molar-refractivity contribution < 1.29 is 19.1 Å². The zero-order valence-electron chi connectivity index (χ0n) is 14.1. The molecule has 0 saturated heterocycles. The Morgan fingerprint density at radius 2 is 1.88 bits per heavy atom. The highest BCUT2D eigenvalue weighted by atomic mass is 32.1. The van der Waals surface area contributed by atoms with Crippen LogP contribution in [0.15, 0.2) is 12.0 Å². The summed E-state index contributed by atoms with van der Waals surface area (Å²) in [6.45, 7) is 8.00. The molecule has 1 aromatic heterocycles. The maximum atomic E-state index is 12.2. The van der Waals surface area contributed by atoms with Crippen LogP contribution in [-0.2, 0) is 26.3 Å². The van der Waals surface area contributed by atoms with Crippen LogP contribution in [0.25, 0.3) is 0 Å². The lowest BCUT2D eigenvalue weighted by atomic mass is 9.86. The average molecular weight is 351 g/mol. The number of primary amides is 2. The van der Waals surface area contributed by atoms with Crippen LogP contribution in [0.5, 0.6) is 0 Å². The van der Waals surface area contributed by atoms with E-state index in [4.69, 9.17) is 20.9 Å². The van der Waals surface area contributed by atoms with Crippen molar-refractivity contribution in [2.45, 2.75) is 45.3 Å². The summed E-state index contributed by atoms with van der Waals surface area (Å²) in [5.74, 6) is -1.16. The topological polar surface area (TPSA) is 108 Å². The summed E-state index contributed by atoms with van der Waals surface area (Å²) in [6, 6.07) is 0. The Kier molecular flexibility index (Phi) is 3.65. The summed E-state index contributed by atoms with van der Waals surface area (Å²) < 4.78 is 11.4. The van der Waals surface area contributed by atoms with Crippen LogP contribution in [0.4, 0.5) is 5.00 Å². The number of anilines is 1. The van der Waals surface area contributed by atoms with Gasteiger partial charge in [-0.1, -0.05) is 0 Å². The molecule has 130 valence electrons. The second-order valence-corrected chi connectivity index (χ2v) is 8.09. The highest BCUT2D eigenvalue weighted by Gasteiger charge is 2.44. The molecule has 0 fully saturated rings. The van der Waals surface area contributed by atoms with Crippen LogP contribution >= 0.6 is 11.3 Å². The van der Waals surface area contributed by atoms with Gasteiger partial charge in [0, 0.05) is 11.3 Å². The maximum absolute atomic E-state index is 12.2. The fourth-order valence-electron chi connectivity index (χ4n) is 3.43. The van der Waals surface area contributed by atoms with Gasteiger partial charge >= 0.3 is 0 Å². The molecule has 0 radical (unpaired) electrons. The lowest BCUT2D eigenvalue weighted by molar-refractivity contribution is -0.135. The quantitative estimate of drug-likeness (QED) is 0.859. The lowest BCUT2D eigenvalue weighted by Crippen LogP contribution is -2.42. The number of ether oxygens (including phenoxy) is 2. The van der Waals surface area contributed by atoms with Crippen molar-refractivity contribution in [1.29, 1.82) is 0 Å². The predicted molar refractivity (Wildman–Crippen MR) is 90.4 cm³/mol. The Labute approximate surface area is 144 Å². The van der Waals surface area contributed by atoms with Crippen LogP contribution in [0, 0.1) is 0 Å². The highest BCUT2D eigenvalue weighted by molar-refractivity contribution is 7.17. The first-order valence-corrected chi connectivity index (χ1v) is 8.40. The summed E-state index contributed by atoms with van der Waals surface area (Å²) in [5.41, 5.74) is 11.6. The van der Waals surface area contributed by atoms with Gasteiger partial charge in [0.2, 0.25) is 0 Å². The van der Waals surface area contributed by atoms with E-state index in [0.717, 1.165) is 10.4 Å². The van der Waals surface area contributed by atoms with Crippen molar-refractivity contribution in [2.24, 2.45) is 11.5 Å². The van der Waals surface area contributed by atoms with Gasteiger partial charge in [0.15, 0.2) is 6.73 Å². The van der Waals surface area contributed by atoms with Crippen molar-refractivity contribution in [3.8, 4) is 0 Å². The van der Waals surface area contributed by atoms with Gasteiger partial charge in [-0.25, -0.2) is 0 Å². The SMILES string of the molecule is CC1(C)Cc2c(sc(N3COC=C3C(N)=O)c2C(N)=O)C(C)(C)O1. The molecule has 4 N–H and O–H groups in total. The number of hydrogen-bond donors (Lipinski definition) is 2. The zero-order valence-corrected chi connectivity index (χ0v) is 15.0. The molecule has 3 rings (SSSR count). The summed E-state index contributed by atoms with van der Waals surface area (Å²) in [5, 5.41) is 0.574. The van der Waals surface area contributed by atoms with E-state index in [9.17, 15) is 9.59 Å². The van der Waals surface area contributed by atoms with Gasteiger partial charge in [0.25, 0.3) is 11.8 Å². The predicted octanol–water partition coefficient (Wildman–Crippen LogP) is 1.55. The first-order valence-electron chi connectivity index (χ1n) is 7.59. The van der Waals surface area contributed by atoms with Gasteiger partial charge in [-0.2, -0.15) is 0 Å². The number of rotatable bonds is 3. The largest absolute Gasteiger partial charge is 0.478 e. The molecule has 3 heterocycles. The summed E-state index contributed by atoms with van der Waals surface area (Å²) in [4.78, 5) is 26.4. The molecule has 0 unspecified atom stereocenters. The van der Waals surface area contributed by atoms with E-state index in [1.807, 2.05) is 27.7 Å². The standard InChI is InChI=1S/C16H21N3O4S/c1-15(2)5-8-10(13(18)21)14(24-11(8)16(3,4)23-15)19-7-22-6-9(19)12(17)20/h6H,5,7H2,1-4H3,(H2,17,20)(H2,18,21). The van der Waals surface area contributed by atoms with Crippen LogP contribution in [0.1, 0.15) is 48.5 Å². The minimum absolute atomic E-state index is 0.114. The normalized spacial score (nSPS) is 21.0. The fraction of sp³-hybridized carbons (Fsp3) is 0.500. The van der Waals surface area contributed by atoms with Gasteiger partial charge in [-0.3, -0.25) is 14.5 Å². The van der Waals surface area contributed by atoms with Gasteiger partial charge in [0.1, 0.15) is 17.0 Å². The molecule has 2 aliphatic heterocycles. The summed E-state index contributed by atoms with van der Waals surface area (Å²) in [6.07, 6.45) is 1.86. The van der Waals surface area contributed by atoms with Crippen LogP contribution in [0.3, 0.4) is 0 Å². The Morgan fingerprint density at radius 3 is 2.46 bits per heavy atom. The number of nitrogens with zero attached hydrogens (tertiary/aromatic N) is 1. The number of carbonyl (C=O) groups is 2. The Balaban J connectivity index is 2.20. The van der Waals surface area contributed by atoms with E-state index < -0.39 is 23.0 Å². The van der Waals surface area contributed by atoms with E-state index in [2.05, 4.69) is 0 Å². The van der Waals surface area contributed by atoms with Gasteiger partial charge in [-0.15, -0.1) is 11.3 Å². The summed E-state index contributed by atoms with van der Waals surface area (Å²) in [7, 11) is 0. The van der Waals surface area contributed by atoms with Crippen LogP contribution in [0.2, 0.25) is 0 Å². The third-order valence-corrected chi connectivity index (χ3v) is 5.66. The molecule has 8 heteroatoms. The number of carbonyl (C=O) groups excluding carboxylic acids is 2. The Hall–Kier alpha value is -2.06. The Bertz CT molecular complexity index is 764. The molecule has 7 nitrogen and oxygen atoms in total. The van der Waals surface area contributed by atoms with E-state index in [1.54, 1.807) is 4.90 Å². The van der Waals surface area contributed by atoms with Crippen LogP contribution < -0.4 is 16.4 Å². The monoisotopic (exact) mass is 351 g/mol. The smallest absolute Gasteiger partial charge is 0.268 e. The third-order valence-electron chi connectivity index (χ3n) is 4.10. The van der Waals surface area contributed by atoms with Crippen molar-refractivity contribution >= 4 is 28.2 Å². The highest BCUT2D eigenvalue weighted by Crippen LogP contribution is 2.49. The fourth-order valence-corrected chi connectivity index (χ4v) is 4.80. The third kappa shape index (κ3) is 2.55. The molecule has 0 aromatic carbocycles. The van der Waals surface area contributed by atoms with E-state index in [-0.39, 0.29) is 12.4 Å². The first-order chi connectivity index (χ1) is 11.0. The minimum atomic E-state index is -0.620. The molecular weight excluding hydrogens is 330 g/mol. The molecular formula is C16H21N3O4S. The first kappa shape index (κ1) is 16.8. The molecule has 0 bridgehead atoms. The summed E-state index contributed by atoms with van der Waals surface area (Å²) >= 11 is 1.39. The number of fused-ring (bicyclic) bond motifs is 1. The number of hydrogen-bond acceptors (Lipinski definition) is 6. The molecule has 0 atom stereocenters. The van der Waals surface area contributed by atoms with E-state index >= 15 is 0 Å². The second kappa shape index (κ2) is 5.22. The minimum Gasteiger partial charge on any atom is -0.478 e. The number of amides is 2. The van der Waals surface area contributed by atoms with Gasteiger partial charge in [-0.05, 0) is 33.3 Å². The molecule has 0 aliphatic carbocycles. The molecule has 24 heavy (non-hydrogen) atoms. The van der Waals surface area contributed by atoms with Crippen molar-refractivity contribution in [3.05, 3.63) is 28.0 Å². The Morgan fingerprint density at radius 1 is 1.21 bits per heavy atom. The number of thiophene rings is 1. The molecule has 0 spiro atoms. The van der Waals surface area contributed by atoms with Crippen molar-refractivity contribution in [1.82, 2.24) is 0 Å². The second-order valence-electron chi connectivity index (χ2n) is 7.09. The molecule has 0 saturated carbocycles. The van der Waals surface area contributed by atoms with E-state index in [0.29, 0.717) is 17.0 Å². The molecule has 2 aliphatic rings. The number of nitrogens with two attached hydrogens (primary N) is 2. The average Bonchev–Trinajstić information content (AvgIpc) is 2.99. The van der Waals surface area contributed by atoms with Crippen molar-refractivity contribution in [3.63, 3.8) is 0 Å². The van der Waals surface area contributed by atoms with Gasteiger partial charge in [0.05, 0.1) is 16.8 Å². The lowest BCUT2D eigenvalue weighted by Gasteiger charge is -2.41. The molecule has 2 amide bonds. The van der Waals surface area contributed by atoms with Crippen molar-refractivity contribution in [2.75, 3.05) is 11.6 Å². The van der Waals surface area contributed by atoms with Crippen LogP contribution in [-0.4, -0.2) is 24.1 Å². The maximum Gasteiger partial charge on any atom is 0.268 e. The molecule has 1 aromatic rings.